The highest BCUT2D eigenvalue weighted by atomic mass is 16.3. The summed E-state index contributed by atoms with van der Waals surface area (Å²) in [5.74, 6) is -1.52. The van der Waals surface area contributed by atoms with E-state index >= 15 is 0 Å². The number of anilines is 2. The van der Waals surface area contributed by atoms with Gasteiger partial charge in [-0.3, -0.25) is 14.5 Å². The van der Waals surface area contributed by atoms with Crippen molar-refractivity contribution in [3.63, 3.8) is 0 Å². The minimum Gasteiger partial charge on any atom is -0.503 e. The summed E-state index contributed by atoms with van der Waals surface area (Å²) in [6.07, 6.45) is 0. The van der Waals surface area contributed by atoms with Gasteiger partial charge in [0.05, 0.1) is 11.6 Å². The van der Waals surface area contributed by atoms with E-state index in [4.69, 9.17) is 0 Å². The number of aliphatic hydroxyl groups excluding tert-OH is 1. The molecule has 1 atom stereocenters. The van der Waals surface area contributed by atoms with Crippen LogP contribution in [-0.4, -0.2) is 29.9 Å². The lowest BCUT2D eigenvalue weighted by molar-refractivity contribution is -0.119. The number of ketones is 1. The van der Waals surface area contributed by atoms with Gasteiger partial charge in [-0.25, -0.2) is 0 Å². The second-order valence-electron chi connectivity index (χ2n) is 8.41. The molecule has 3 rings (SSSR count). The average molecular weight is 421 g/mol. The van der Waals surface area contributed by atoms with Crippen LogP contribution in [0.15, 0.2) is 53.8 Å². The van der Waals surface area contributed by atoms with Crippen LogP contribution in [-0.2, 0) is 9.59 Å². The highest BCUT2D eigenvalue weighted by molar-refractivity contribution is 6.17. The van der Waals surface area contributed by atoms with Crippen LogP contribution < -0.4 is 9.80 Å². The number of Topliss-reactive ketones (excluding diaryl/α,β-unsaturated/α-hetero) is 1. The standard InChI is InChI=1S/C26H32N2O3/c1-7-27(8-2)20-13-11-19(12-14-20)23-22(24(29)16(3)4)25(30)26(31)28(23)21-15-17(5)9-10-18(21)6/h9-16,23,30H,7-8H2,1-6H3. The molecule has 0 aliphatic carbocycles. The fourth-order valence-corrected chi connectivity index (χ4v) is 4.17. The van der Waals surface area contributed by atoms with Crippen LogP contribution in [0.25, 0.3) is 0 Å². The molecule has 1 amide bonds. The molecule has 1 aliphatic rings. The van der Waals surface area contributed by atoms with Gasteiger partial charge in [0.2, 0.25) is 0 Å². The van der Waals surface area contributed by atoms with Gasteiger partial charge in [0, 0.05) is 30.4 Å². The Morgan fingerprint density at radius 2 is 1.68 bits per heavy atom. The predicted octanol–water partition coefficient (Wildman–Crippen LogP) is 5.27. The van der Waals surface area contributed by atoms with Crippen molar-refractivity contribution in [2.24, 2.45) is 5.92 Å². The predicted molar refractivity (Wildman–Crippen MR) is 126 cm³/mol. The Hall–Kier alpha value is -3.08. The molecule has 0 spiro atoms. The van der Waals surface area contributed by atoms with Crippen molar-refractivity contribution in [1.29, 1.82) is 0 Å². The van der Waals surface area contributed by atoms with Crippen LogP contribution in [0.1, 0.15) is 50.4 Å². The van der Waals surface area contributed by atoms with Gasteiger partial charge < -0.3 is 10.0 Å². The zero-order valence-corrected chi connectivity index (χ0v) is 19.3. The summed E-state index contributed by atoms with van der Waals surface area (Å²) < 4.78 is 0. The van der Waals surface area contributed by atoms with Gasteiger partial charge in [-0.15, -0.1) is 0 Å². The Labute approximate surface area is 185 Å². The van der Waals surface area contributed by atoms with Gasteiger partial charge in [0.25, 0.3) is 5.91 Å². The normalized spacial score (nSPS) is 16.4. The smallest absolute Gasteiger partial charge is 0.294 e. The van der Waals surface area contributed by atoms with E-state index in [0.717, 1.165) is 35.5 Å². The Balaban J connectivity index is 2.17. The van der Waals surface area contributed by atoms with E-state index in [1.807, 2.05) is 56.3 Å². The minimum atomic E-state index is -0.659. The maximum Gasteiger partial charge on any atom is 0.294 e. The lowest BCUT2D eigenvalue weighted by Crippen LogP contribution is -2.32. The number of hydrogen-bond donors (Lipinski definition) is 1. The van der Waals surface area contributed by atoms with E-state index in [1.54, 1.807) is 18.7 Å². The Morgan fingerprint density at radius 1 is 1.06 bits per heavy atom. The maximum absolute atomic E-state index is 13.2. The molecule has 0 fully saturated rings. The average Bonchev–Trinajstić information content (AvgIpc) is 3.01. The van der Waals surface area contributed by atoms with E-state index in [1.165, 1.54) is 0 Å². The van der Waals surface area contributed by atoms with E-state index in [9.17, 15) is 14.7 Å². The third-order valence-corrected chi connectivity index (χ3v) is 5.96. The SMILES string of the molecule is CCN(CC)c1ccc(C2C(C(=O)C(C)C)=C(O)C(=O)N2c2cc(C)ccc2C)cc1. The summed E-state index contributed by atoms with van der Waals surface area (Å²) in [4.78, 5) is 30.1. The van der Waals surface area contributed by atoms with Crippen molar-refractivity contribution in [1.82, 2.24) is 0 Å². The summed E-state index contributed by atoms with van der Waals surface area (Å²) in [5.41, 5.74) is 4.69. The Morgan fingerprint density at radius 3 is 2.23 bits per heavy atom. The molecular formula is C26H32N2O3. The van der Waals surface area contributed by atoms with Crippen molar-refractivity contribution >= 4 is 23.1 Å². The molecule has 5 heteroatoms. The zero-order valence-electron chi connectivity index (χ0n) is 19.3. The summed E-state index contributed by atoms with van der Waals surface area (Å²) in [7, 11) is 0. The first-order valence-corrected chi connectivity index (χ1v) is 10.9. The largest absolute Gasteiger partial charge is 0.503 e. The van der Waals surface area contributed by atoms with E-state index in [2.05, 4.69) is 18.7 Å². The summed E-state index contributed by atoms with van der Waals surface area (Å²) in [5, 5.41) is 10.8. The third-order valence-electron chi connectivity index (χ3n) is 5.96. The molecule has 31 heavy (non-hydrogen) atoms. The number of aryl methyl sites for hydroxylation is 2. The number of aliphatic hydroxyl groups is 1. The van der Waals surface area contributed by atoms with Crippen molar-refractivity contribution in [3.8, 4) is 0 Å². The summed E-state index contributed by atoms with van der Waals surface area (Å²) in [6.45, 7) is 13.5. The fraction of sp³-hybridized carbons (Fsp3) is 0.385. The first-order valence-electron chi connectivity index (χ1n) is 10.9. The van der Waals surface area contributed by atoms with Gasteiger partial charge in [-0.2, -0.15) is 0 Å². The number of rotatable bonds is 7. The minimum absolute atomic E-state index is 0.177. The molecule has 2 aromatic carbocycles. The molecule has 164 valence electrons. The second kappa shape index (κ2) is 8.96. The molecule has 0 aromatic heterocycles. The van der Waals surface area contributed by atoms with Gasteiger partial charge in [0.1, 0.15) is 0 Å². The van der Waals surface area contributed by atoms with Crippen LogP contribution in [0, 0.1) is 19.8 Å². The molecule has 0 radical (unpaired) electrons. The van der Waals surface area contributed by atoms with Crippen molar-refractivity contribution in [2.45, 2.75) is 47.6 Å². The van der Waals surface area contributed by atoms with E-state index < -0.39 is 17.7 Å². The molecule has 0 saturated heterocycles. The highest BCUT2D eigenvalue weighted by Crippen LogP contribution is 2.43. The van der Waals surface area contributed by atoms with Crippen LogP contribution in [0.2, 0.25) is 0 Å². The van der Waals surface area contributed by atoms with Crippen LogP contribution in [0.3, 0.4) is 0 Å². The van der Waals surface area contributed by atoms with Gasteiger partial charge in [-0.05, 0) is 62.6 Å². The lowest BCUT2D eigenvalue weighted by Gasteiger charge is -2.29. The molecule has 0 bridgehead atoms. The zero-order chi connectivity index (χ0) is 22.9. The third kappa shape index (κ3) is 4.09. The molecule has 1 unspecified atom stereocenters. The Bertz CT molecular complexity index is 1020. The van der Waals surface area contributed by atoms with Gasteiger partial charge in [-0.1, -0.05) is 38.1 Å². The van der Waals surface area contributed by atoms with Crippen molar-refractivity contribution in [3.05, 3.63) is 70.5 Å². The quantitative estimate of drug-likeness (QED) is 0.662. The van der Waals surface area contributed by atoms with E-state index in [0.29, 0.717) is 5.69 Å². The number of carbonyl (C=O) groups excluding carboxylic acids is 2. The van der Waals surface area contributed by atoms with Crippen molar-refractivity contribution < 1.29 is 14.7 Å². The van der Waals surface area contributed by atoms with Crippen LogP contribution >= 0.6 is 0 Å². The van der Waals surface area contributed by atoms with Gasteiger partial charge in [0.15, 0.2) is 11.5 Å². The van der Waals surface area contributed by atoms with Crippen LogP contribution in [0.4, 0.5) is 11.4 Å². The molecule has 5 nitrogen and oxygen atoms in total. The van der Waals surface area contributed by atoms with Gasteiger partial charge >= 0.3 is 0 Å². The van der Waals surface area contributed by atoms with E-state index in [-0.39, 0.29) is 17.3 Å². The monoisotopic (exact) mass is 420 g/mol. The van der Waals surface area contributed by atoms with Crippen molar-refractivity contribution in [2.75, 3.05) is 22.9 Å². The number of carbonyl (C=O) groups is 2. The molecule has 1 aliphatic heterocycles. The highest BCUT2D eigenvalue weighted by Gasteiger charge is 2.45. The maximum atomic E-state index is 13.2. The first kappa shape index (κ1) is 22.6. The lowest BCUT2D eigenvalue weighted by atomic mass is 9.90. The molecular weight excluding hydrogens is 388 g/mol. The molecule has 1 N–H and O–H groups in total. The topological polar surface area (TPSA) is 60.9 Å². The molecule has 0 saturated carbocycles. The fourth-order valence-electron chi connectivity index (χ4n) is 4.17. The number of benzene rings is 2. The Kier molecular flexibility index (Phi) is 6.54. The summed E-state index contributed by atoms with van der Waals surface area (Å²) >= 11 is 0. The molecule has 1 heterocycles. The molecule has 2 aromatic rings. The number of nitrogens with zero attached hydrogens (tertiary/aromatic N) is 2. The first-order chi connectivity index (χ1) is 14.7. The number of hydrogen-bond acceptors (Lipinski definition) is 4. The second-order valence-corrected chi connectivity index (χ2v) is 8.41. The van der Waals surface area contributed by atoms with Crippen LogP contribution in [0.5, 0.6) is 0 Å². The summed E-state index contributed by atoms with van der Waals surface area (Å²) in [6, 6.07) is 13.2. The number of amides is 1.